The predicted molar refractivity (Wildman–Crippen MR) is 135 cm³/mol. The van der Waals surface area contributed by atoms with Gasteiger partial charge in [0.05, 0.1) is 38.4 Å². The number of alkyl halides is 3. The van der Waals surface area contributed by atoms with Gasteiger partial charge in [0, 0.05) is 19.2 Å². The molecule has 0 spiro atoms. The normalized spacial score (nSPS) is 12.2. The number of hydrogen-bond acceptors (Lipinski definition) is 5. The van der Waals surface area contributed by atoms with Crippen molar-refractivity contribution < 1.29 is 31.5 Å². The molecule has 2 aromatic heterocycles. The summed E-state index contributed by atoms with van der Waals surface area (Å²) in [7, 11) is -4.31. The van der Waals surface area contributed by atoms with Crippen molar-refractivity contribution in [3.63, 3.8) is 0 Å². The molecular formula is C25H22ClF3N4O4S. The Labute approximate surface area is 221 Å². The molecule has 1 N–H and O–H groups in total. The Morgan fingerprint density at radius 1 is 1.13 bits per heavy atom. The summed E-state index contributed by atoms with van der Waals surface area (Å²) in [5.74, 6) is 0.462. The number of carboxylic acid groups (broad SMARTS) is 1. The Kier molecular flexibility index (Phi) is 7.39. The number of rotatable bonds is 7. The van der Waals surface area contributed by atoms with Gasteiger partial charge >= 0.3 is 12.3 Å². The first-order valence-corrected chi connectivity index (χ1v) is 13.2. The second kappa shape index (κ2) is 10.3. The maximum atomic E-state index is 13.3. The molecule has 0 unspecified atom stereocenters. The van der Waals surface area contributed by atoms with Gasteiger partial charge in [-0.3, -0.25) is 9.55 Å². The Morgan fingerprint density at radius 3 is 2.42 bits per heavy atom. The zero-order valence-corrected chi connectivity index (χ0v) is 21.8. The lowest BCUT2D eigenvalue weighted by atomic mass is 10.1. The van der Waals surface area contributed by atoms with Crippen LogP contribution >= 0.6 is 11.6 Å². The maximum Gasteiger partial charge on any atom is 0.421 e. The van der Waals surface area contributed by atoms with Crippen LogP contribution in [0.5, 0.6) is 0 Å². The highest BCUT2D eigenvalue weighted by Crippen LogP contribution is 2.37. The number of sulfonamides is 1. The summed E-state index contributed by atoms with van der Waals surface area (Å²) in [6, 6.07) is 9.57. The zero-order valence-electron chi connectivity index (χ0n) is 20.2. The Balaban J connectivity index is 1.68. The van der Waals surface area contributed by atoms with Gasteiger partial charge in [-0.2, -0.15) is 13.2 Å². The first-order chi connectivity index (χ1) is 17.8. The number of pyridine rings is 1. The van der Waals surface area contributed by atoms with Crippen molar-refractivity contribution in [3.8, 4) is 5.69 Å². The molecule has 0 saturated heterocycles. The highest BCUT2D eigenvalue weighted by Gasteiger charge is 2.34. The molecule has 0 aliphatic carbocycles. The third kappa shape index (κ3) is 5.32. The van der Waals surface area contributed by atoms with Crippen LogP contribution in [-0.4, -0.2) is 45.0 Å². The molecule has 4 rings (SSSR count). The van der Waals surface area contributed by atoms with Gasteiger partial charge in [0.25, 0.3) is 10.0 Å². The van der Waals surface area contributed by atoms with Crippen LogP contribution < -0.4 is 0 Å². The molecule has 0 atom stereocenters. The lowest BCUT2D eigenvalue weighted by molar-refractivity contribution is -0.137. The van der Waals surface area contributed by atoms with E-state index in [1.54, 1.807) is 36.6 Å². The summed E-state index contributed by atoms with van der Waals surface area (Å²) >= 11 is 5.95. The minimum absolute atomic E-state index is 0.00526. The third-order valence-electron chi connectivity index (χ3n) is 5.90. The lowest BCUT2D eigenvalue weighted by Gasteiger charge is -2.19. The molecule has 0 fully saturated rings. The molecule has 0 saturated carbocycles. The highest BCUT2D eigenvalue weighted by molar-refractivity contribution is 7.89. The summed E-state index contributed by atoms with van der Waals surface area (Å²) in [6.07, 6.45) is -2.93. The van der Waals surface area contributed by atoms with Crippen molar-refractivity contribution in [2.45, 2.75) is 37.8 Å². The molecule has 38 heavy (non-hydrogen) atoms. The molecule has 200 valence electrons. The number of hydrogen-bond donors (Lipinski definition) is 1. The topological polar surface area (TPSA) is 105 Å². The van der Waals surface area contributed by atoms with Gasteiger partial charge in [-0.15, -0.1) is 0 Å². The van der Waals surface area contributed by atoms with Gasteiger partial charge in [0.1, 0.15) is 5.82 Å². The van der Waals surface area contributed by atoms with E-state index in [2.05, 4.69) is 9.97 Å². The van der Waals surface area contributed by atoms with Crippen LogP contribution in [0.4, 0.5) is 18.0 Å². The third-order valence-corrected chi connectivity index (χ3v) is 8.00. The van der Waals surface area contributed by atoms with E-state index >= 15 is 0 Å². The molecular weight excluding hydrogens is 545 g/mol. The van der Waals surface area contributed by atoms with E-state index in [-0.39, 0.29) is 23.4 Å². The van der Waals surface area contributed by atoms with Crippen LogP contribution in [0.15, 0.2) is 59.8 Å². The summed E-state index contributed by atoms with van der Waals surface area (Å²) in [5, 5.41) is 9.15. The fourth-order valence-corrected chi connectivity index (χ4v) is 5.55. The molecule has 1 amide bonds. The maximum absolute atomic E-state index is 13.3. The van der Waals surface area contributed by atoms with Gasteiger partial charge in [-0.05, 0) is 49.2 Å². The van der Waals surface area contributed by atoms with Crippen LogP contribution in [0, 0.1) is 6.92 Å². The number of halogens is 4. The van der Waals surface area contributed by atoms with Crippen molar-refractivity contribution in [2.75, 3.05) is 6.54 Å². The number of carbonyl (C=O) groups is 1. The average Bonchev–Trinajstić information content (AvgIpc) is 3.20. The Bertz CT molecular complexity index is 1620. The molecule has 0 bridgehead atoms. The quantitative estimate of drug-likeness (QED) is 0.300. The molecule has 2 heterocycles. The lowest BCUT2D eigenvalue weighted by Crippen LogP contribution is -2.37. The number of aryl methyl sites for hydroxylation is 2. The smallest absolute Gasteiger partial charge is 0.421 e. The second-order valence-electron chi connectivity index (χ2n) is 8.51. The number of amides is 1. The van der Waals surface area contributed by atoms with Crippen LogP contribution in [0.1, 0.15) is 29.4 Å². The van der Waals surface area contributed by atoms with Gasteiger partial charge in [-0.25, -0.2) is 22.5 Å². The van der Waals surface area contributed by atoms with E-state index < -0.39 is 32.9 Å². The molecule has 13 heteroatoms. The van der Waals surface area contributed by atoms with Crippen molar-refractivity contribution in [1.82, 2.24) is 18.8 Å². The summed E-state index contributed by atoms with van der Waals surface area (Å²) < 4.78 is 67.9. The van der Waals surface area contributed by atoms with Crippen molar-refractivity contribution in [1.29, 1.82) is 0 Å². The van der Waals surface area contributed by atoms with Gasteiger partial charge in [-0.1, -0.05) is 36.2 Å². The van der Waals surface area contributed by atoms with Crippen LogP contribution in [0.3, 0.4) is 0 Å². The molecule has 8 nitrogen and oxygen atoms in total. The fourth-order valence-electron chi connectivity index (χ4n) is 4.01. The molecule has 0 aliphatic heterocycles. The number of aromatic nitrogens is 3. The van der Waals surface area contributed by atoms with E-state index in [1.165, 1.54) is 30.6 Å². The Morgan fingerprint density at radius 2 is 1.82 bits per heavy atom. The molecule has 0 aliphatic rings. The van der Waals surface area contributed by atoms with E-state index in [0.29, 0.717) is 33.3 Å². The van der Waals surface area contributed by atoms with Crippen molar-refractivity contribution in [3.05, 3.63) is 82.4 Å². The summed E-state index contributed by atoms with van der Waals surface area (Å²) in [6.45, 7) is 3.20. The largest absolute Gasteiger partial charge is 0.464 e. The SMILES string of the molecule is CCc1nc2cc(C(F)(F)F)c(Cl)cc2n1-c1cncc(CCN(C(=O)O)S(=O)(=O)c2ccc(C)cc2)c1. The van der Waals surface area contributed by atoms with Gasteiger partial charge < -0.3 is 5.11 Å². The van der Waals surface area contributed by atoms with E-state index in [1.807, 2.05) is 0 Å². The van der Waals surface area contributed by atoms with E-state index in [0.717, 1.165) is 11.6 Å². The molecule has 4 aromatic rings. The zero-order chi connectivity index (χ0) is 27.8. The first-order valence-electron chi connectivity index (χ1n) is 11.4. The number of benzene rings is 2. The minimum atomic E-state index is -4.64. The van der Waals surface area contributed by atoms with E-state index in [9.17, 15) is 31.5 Å². The first kappa shape index (κ1) is 27.4. The second-order valence-corrected chi connectivity index (χ2v) is 10.8. The number of imidazole rings is 1. The van der Waals surface area contributed by atoms with Gasteiger partial charge in [0.15, 0.2) is 0 Å². The highest BCUT2D eigenvalue weighted by atomic mass is 35.5. The number of nitrogens with zero attached hydrogens (tertiary/aromatic N) is 4. The van der Waals surface area contributed by atoms with Crippen LogP contribution in [0.2, 0.25) is 5.02 Å². The predicted octanol–water partition coefficient (Wildman–Crippen LogP) is 5.87. The standard InChI is InChI=1S/C25H22ClF3N4O4S/c1-3-23-31-21-11-19(25(27,28)29)20(26)12-22(21)33(23)17-10-16(13-30-14-17)8-9-32(24(34)35)38(36,37)18-6-4-15(2)5-7-18/h4-7,10-14H,3,8-9H2,1-2H3,(H,34,35). The van der Waals surface area contributed by atoms with E-state index in [4.69, 9.17) is 11.6 Å². The molecule has 0 radical (unpaired) electrons. The van der Waals surface area contributed by atoms with Crippen molar-refractivity contribution in [2.24, 2.45) is 0 Å². The van der Waals surface area contributed by atoms with Crippen LogP contribution in [-0.2, 0) is 29.0 Å². The minimum Gasteiger partial charge on any atom is -0.464 e. The van der Waals surface area contributed by atoms with Gasteiger partial charge in [0.2, 0.25) is 0 Å². The summed E-state index contributed by atoms with van der Waals surface area (Å²) in [5.41, 5.74) is 1.24. The monoisotopic (exact) mass is 566 g/mol. The van der Waals surface area contributed by atoms with Crippen molar-refractivity contribution >= 4 is 38.8 Å². The average molecular weight is 567 g/mol. The number of fused-ring (bicyclic) bond motifs is 1. The Hall–Kier alpha value is -3.64. The fraction of sp³-hybridized carbons (Fsp3) is 0.240. The molecule has 2 aromatic carbocycles. The summed E-state index contributed by atoms with van der Waals surface area (Å²) in [4.78, 5) is 20.2. The van der Waals surface area contributed by atoms with Crippen LogP contribution in [0.25, 0.3) is 16.7 Å².